The normalized spacial score (nSPS) is 19.3. The van der Waals surface area contributed by atoms with Gasteiger partial charge in [-0.3, -0.25) is 0 Å². The number of aryl methyl sites for hydroxylation is 1. The van der Waals surface area contributed by atoms with Crippen LogP contribution in [-0.4, -0.2) is 24.8 Å². The molecule has 0 aromatic heterocycles. The van der Waals surface area contributed by atoms with Gasteiger partial charge in [-0.1, -0.05) is 56.5 Å². The second-order valence-electron chi connectivity index (χ2n) is 6.19. The highest BCUT2D eigenvalue weighted by molar-refractivity contribution is 5.15. The van der Waals surface area contributed by atoms with Gasteiger partial charge >= 0.3 is 0 Å². The Morgan fingerprint density at radius 3 is 2.43 bits per heavy atom. The van der Waals surface area contributed by atoms with Gasteiger partial charge in [0.15, 0.2) is 0 Å². The van der Waals surface area contributed by atoms with Crippen LogP contribution in [0.2, 0.25) is 0 Å². The summed E-state index contributed by atoms with van der Waals surface area (Å²) in [5.41, 5.74) is 1.50. The SMILES string of the molecule is CCNC(CCc1ccccc1)C1(OCC)CCCCC1. The molecule has 2 nitrogen and oxygen atoms in total. The van der Waals surface area contributed by atoms with E-state index in [-0.39, 0.29) is 5.60 Å². The molecule has 1 aliphatic carbocycles. The van der Waals surface area contributed by atoms with E-state index in [0.29, 0.717) is 6.04 Å². The van der Waals surface area contributed by atoms with Gasteiger partial charge in [-0.15, -0.1) is 0 Å². The molecular weight excluding hydrogens is 258 g/mol. The molecule has 1 aromatic rings. The highest BCUT2D eigenvalue weighted by atomic mass is 16.5. The highest BCUT2D eigenvalue weighted by Gasteiger charge is 2.39. The third kappa shape index (κ3) is 4.55. The second-order valence-corrected chi connectivity index (χ2v) is 6.19. The zero-order valence-electron chi connectivity index (χ0n) is 13.7. The van der Waals surface area contributed by atoms with E-state index in [9.17, 15) is 0 Å². The standard InChI is InChI=1S/C19H31NO/c1-3-20-18(14-13-17-11-7-5-8-12-17)19(21-4-2)15-9-6-10-16-19/h5,7-8,11-12,18,20H,3-4,6,9-10,13-16H2,1-2H3. The average molecular weight is 289 g/mol. The fraction of sp³-hybridized carbons (Fsp3) is 0.684. The Kier molecular flexibility index (Phi) is 6.72. The zero-order chi connectivity index (χ0) is 15.0. The number of benzene rings is 1. The molecule has 1 aromatic carbocycles. The number of likely N-dealkylation sites (N-methyl/N-ethyl adjacent to an activating group) is 1. The van der Waals surface area contributed by atoms with Crippen LogP contribution in [0.3, 0.4) is 0 Å². The average Bonchev–Trinajstić information content (AvgIpc) is 2.53. The van der Waals surface area contributed by atoms with E-state index < -0.39 is 0 Å². The molecule has 0 aliphatic heterocycles. The number of rotatable bonds is 8. The first-order valence-electron chi connectivity index (χ1n) is 8.72. The monoisotopic (exact) mass is 289 g/mol. The largest absolute Gasteiger partial charge is 0.374 e. The first-order chi connectivity index (χ1) is 10.3. The number of hydrogen-bond acceptors (Lipinski definition) is 2. The molecule has 1 aliphatic rings. The molecule has 0 amide bonds. The van der Waals surface area contributed by atoms with Crippen LogP contribution in [0.4, 0.5) is 0 Å². The van der Waals surface area contributed by atoms with Crippen LogP contribution in [0.25, 0.3) is 0 Å². The molecule has 21 heavy (non-hydrogen) atoms. The van der Waals surface area contributed by atoms with Crippen molar-refractivity contribution in [2.75, 3.05) is 13.2 Å². The van der Waals surface area contributed by atoms with Crippen LogP contribution in [-0.2, 0) is 11.2 Å². The Hall–Kier alpha value is -0.860. The molecule has 2 heteroatoms. The number of hydrogen-bond donors (Lipinski definition) is 1. The van der Waals surface area contributed by atoms with Gasteiger partial charge in [0, 0.05) is 12.6 Å². The van der Waals surface area contributed by atoms with Gasteiger partial charge in [0.2, 0.25) is 0 Å². The summed E-state index contributed by atoms with van der Waals surface area (Å²) in [5, 5.41) is 3.72. The molecule has 1 fully saturated rings. The Morgan fingerprint density at radius 1 is 1.10 bits per heavy atom. The minimum atomic E-state index is 0.0673. The lowest BCUT2D eigenvalue weighted by Gasteiger charge is -2.44. The van der Waals surface area contributed by atoms with Crippen LogP contribution in [0.1, 0.15) is 57.9 Å². The lowest BCUT2D eigenvalue weighted by Crippen LogP contribution is -2.54. The van der Waals surface area contributed by atoms with Crippen LogP contribution in [0, 0.1) is 0 Å². The van der Waals surface area contributed by atoms with Crippen molar-refractivity contribution in [3.8, 4) is 0 Å². The molecule has 0 saturated heterocycles. The first-order valence-corrected chi connectivity index (χ1v) is 8.72. The van der Waals surface area contributed by atoms with Crippen molar-refractivity contribution in [1.29, 1.82) is 0 Å². The summed E-state index contributed by atoms with van der Waals surface area (Å²) in [6, 6.07) is 11.3. The smallest absolute Gasteiger partial charge is 0.0834 e. The van der Waals surface area contributed by atoms with Gasteiger partial charge < -0.3 is 10.1 Å². The Balaban J connectivity index is 2.04. The minimum Gasteiger partial charge on any atom is -0.374 e. The predicted molar refractivity (Wildman–Crippen MR) is 89.7 cm³/mol. The lowest BCUT2D eigenvalue weighted by molar-refractivity contribution is -0.0911. The second kappa shape index (κ2) is 8.55. The maximum Gasteiger partial charge on any atom is 0.0834 e. The van der Waals surface area contributed by atoms with Crippen molar-refractivity contribution >= 4 is 0 Å². The van der Waals surface area contributed by atoms with Gasteiger partial charge in [0.05, 0.1) is 5.60 Å². The van der Waals surface area contributed by atoms with E-state index in [1.807, 2.05) is 0 Å². The van der Waals surface area contributed by atoms with Crippen molar-refractivity contribution in [2.45, 2.75) is 70.4 Å². The van der Waals surface area contributed by atoms with Crippen molar-refractivity contribution < 1.29 is 4.74 Å². The Morgan fingerprint density at radius 2 is 1.81 bits per heavy atom. The highest BCUT2D eigenvalue weighted by Crippen LogP contribution is 2.36. The molecule has 1 N–H and O–H groups in total. The Bertz CT molecular complexity index is 378. The fourth-order valence-electron chi connectivity index (χ4n) is 3.78. The molecule has 118 valence electrons. The zero-order valence-corrected chi connectivity index (χ0v) is 13.7. The van der Waals surface area contributed by atoms with Gasteiger partial charge in [-0.25, -0.2) is 0 Å². The molecule has 0 radical (unpaired) electrons. The van der Waals surface area contributed by atoms with E-state index in [4.69, 9.17) is 4.74 Å². The molecule has 1 atom stereocenters. The fourth-order valence-corrected chi connectivity index (χ4v) is 3.78. The summed E-state index contributed by atoms with van der Waals surface area (Å²) in [7, 11) is 0. The molecule has 1 unspecified atom stereocenters. The van der Waals surface area contributed by atoms with Crippen molar-refractivity contribution in [3.63, 3.8) is 0 Å². The number of ether oxygens (including phenoxy) is 1. The van der Waals surface area contributed by atoms with Gasteiger partial charge in [-0.2, -0.15) is 0 Å². The van der Waals surface area contributed by atoms with Crippen LogP contribution in [0.5, 0.6) is 0 Å². The summed E-state index contributed by atoms with van der Waals surface area (Å²) in [4.78, 5) is 0. The maximum atomic E-state index is 6.31. The van der Waals surface area contributed by atoms with Crippen molar-refractivity contribution in [3.05, 3.63) is 35.9 Å². The van der Waals surface area contributed by atoms with Crippen LogP contribution >= 0.6 is 0 Å². The summed E-state index contributed by atoms with van der Waals surface area (Å²) in [5.74, 6) is 0. The minimum absolute atomic E-state index is 0.0673. The van der Waals surface area contributed by atoms with E-state index in [1.54, 1.807) is 0 Å². The van der Waals surface area contributed by atoms with Gasteiger partial charge in [-0.05, 0) is 44.7 Å². The molecule has 0 spiro atoms. The van der Waals surface area contributed by atoms with E-state index >= 15 is 0 Å². The number of nitrogens with one attached hydrogen (secondary N) is 1. The van der Waals surface area contributed by atoms with Crippen LogP contribution < -0.4 is 5.32 Å². The van der Waals surface area contributed by atoms with Gasteiger partial charge in [0.25, 0.3) is 0 Å². The maximum absolute atomic E-state index is 6.31. The predicted octanol–water partition coefficient (Wildman–Crippen LogP) is 4.34. The summed E-state index contributed by atoms with van der Waals surface area (Å²) in [6.07, 6.45) is 8.72. The summed E-state index contributed by atoms with van der Waals surface area (Å²) in [6.45, 7) is 6.19. The molecule has 0 bridgehead atoms. The first kappa shape index (κ1) is 16.5. The van der Waals surface area contributed by atoms with Crippen molar-refractivity contribution in [2.24, 2.45) is 0 Å². The van der Waals surface area contributed by atoms with E-state index in [0.717, 1.165) is 26.0 Å². The molecule has 1 saturated carbocycles. The molecular formula is C19H31NO. The topological polar surface area (TPSA) is 21.3 Å². The molecule has 2 rings (SSSR count). The van der Waals surface area contributed by atoms with Crippen LogP contribution in [0.15, 0.2) is 30.3 Å². The lowest BCUT2D eigenvalue weighted by atomic mass is 9.77. The summed E-state index contributed by atoms with van der Waals surface area (Å²) >= 11 is 0. The van der Waals surface area contributed by atoms with E-state index in [2.05, 4.69) is 49.5 Å². The third-order valence-corrected chi connectivity index (χ3v) is 4.78. The quantitative estimate of drug-likeness (QED) is 0.769. The third-order valence-electron chi connectivity index (χ3n) is 4.78. The molecule has 0 heterocycles. The summed E-state index contributed by atoms with van der Waals surface area (Å²) < 4.78 is 6.31. The van der Waals surface area contributed by atoms with E-state index in [1.165, 1.54) is 37.7 Å². The Labute approximate surface area is 130 Å². The van der Waals surface area contributed by atoms with Gasteiger partial charge in [0.1, 0.15) is 0 Å². The van der Waals surface area contributed by atoms with Crippen molar-refractivity contribution in [1.82, 2.24) is 5.32 Å².